The minimum absolute atomic E-state index is 0.0236. The summed E-state index contributed by atoms with van der Waals surface area (Å²) in [4.78, 5) is 24.9. The number of imide groups is 1. The molecule has 2 unspecified atom stereocenters. The number of aryl methyl sites for hydroxylation is 1. The van der Waals surface area contributed by atoms with E-state index in [4.69, 9.17) is 0 Å². The van der Waals surface area contributed by atoms with Crippen LogP contribution in [0.3, 0.4) is 0 Å². The van der Waals surface area contributed by atoms with Crippen molar-refractivity contribution < 1.29 is 14.1 Å². The Kier molecular flexibility index (Phi) is 6.11. The molecule has 1 aliphatic heterocycles. The van der Waals surface area contributed by atoms with Gasteiger partial charge in [0.25, 0.3) is 0 Å². The van der Waals surface area contributed by atoms with Crippen LogP contribution in [0.25, 0.3) is 0 Å². The first-order valence-corrected chi connectivity index (χ1v) is 8.93. The predicted octanol–water partition coefficient (Wildman–Crippen LogP) is 3.96. The van der Waals surface area contributed by atoms with E-state index in [1.807, 2.05) is 13.0 Å². The Morgan fingerprint density at radius 3 is 2.52 bits per heavy atom. The molecule has 0 aliphatic carbocycles. The van der Waals surface area contributed by atoms with Crippen molar-refractivity contribution in [3.8, 4) is 0 Å². The predicted molar refractivity (Wildman–Crippen MR) is 92.6 cm³/mol. The van der Waals surface area contributed by atoms with E-state index in [1.165, 1.54) is 5.56 Å². The Labute approximate surface area is 140 Å². The second-order valence-corrected chi connectivity index (χ2v) is 7.32. The first-order chi connectivity index (χ1) is 11.0. The topological polar surface area (TPSA) is 34.1 Å². The largest absolute Gasteiger partial charge is 0.324 e. The summed E-state index contributed by atoms with van der Waals surface area (Å²) in [6.07, 6.45) is 5.71. The standard InChI is InChI=1S/C20H30NO2/c1-16(2)19(13-7-12-18-10-5-4-6-11-18)20(23)21(15-22)14-8-9-17(21)3/h4-6,10-11,15-17,19H,7-9,12-14H2,1-3H3/q+1/t17-,19?,21?/m1/s1. The SMILES string of the molecule is CC(C)C(CCCc1ccccc1)C(=O)[N+]1(C=O)CCC[C@H]1C. The van der Waals surface area contributed by atoms with Gasteiger partial charge in [-0.05, 0) is 37.7 Å². The highest BCUT2D eigenvalue weighted by atomic mass is 16.2. The first-order valence-electron chi connectivity index (χ1n) is 8.93. The monoisotopic (exact) mass is 316 g/mol. The number of quaternary nitrogens is 1. The Morgan fingerprint density at radius 2 is 2.00 bits per heavy atom. The maximum Gasteiger partial charge on any atom is 0.324 e. The molecular formula is C20H30NO2+. The van der Waals surface area contributed by atoms with Gasteiger partial charge in [-0.3, -0.25) is 0 Å². The normalized spacial score (nSPS) is 25.5. The Bertz CT molecular complexity index is 526. The van der Waals surface area contributed by atoms with Gasteiger partial charge in [-0.25, -0.2) is 9.59 Å². The molecule has 3 nitrogen and oxygen atoms in total. The van der Waals surface area contributed by atoms with Crippen LogP contribution in [0.1, 0.15) is 52.0 Å². The number of hydrogen-bond acceptors (Lipinski definition) is 2. The molecule has 1 saturated heterocycles. The van der Waals surface area contributed by atoms with Gasteiger partial charge in [0.05, 0.1) is 12.5 Å². The van der Waals surface area contributed by atoms with Crippen LogP contribution in [0.15, 0.2) is 30.3 Å². The third kappa shape index (κ3) is 3.89. The molecule has 3 heteroatoms. The van der Waals surface area contributed by atoms with Gasteiger partial charge in [0.15, 0.2) is 0 Å². The second-order valence-electron chi connectivity index (χ2n) is 7.32. The second kappa shape index (κ2) is 7.87. The van der Waals surface area contributed by atoms with E-state index in [9.17, 15) is 9.59 Å². The summed E-state index contributed by atoms with van der Waals surface area (Å²) in [7, 11) is 0. The number of carbonyl (C=O) groups excluding carboxylic acids is 2. The molecule has 1 aromatic carbocycles. The molecule has 0 N–H and O–H groups in total. The highest BCUT2D eigenvalue weighted by Gasteiger charge is 2.49. The molecule has 0 aromatic heterocycles. The molecule has 2 rings (SSSR count). The van der Waals surface area contributed by atoms with E-state index in [-0.39, 0.29) is 28.3 Å². The third-order valence-corrected chi connectivity index (χ3v) is 5.48. The van der Waals surface area contributed by atoms with Crippen molar-refractivity contribution in [2.24, 2.45) is 11.8 Å². The molecule has 1 fully saturated rings. The minimum Gasteiger partial charge on any atom is -0.233 e. The quantitative estimate of drug-likeness (QED) is 0.563. The van der Waals surface area contributed by atoms with Crippen LogP contribution in [-0.2, 0) is 16.0 Å². The molecular weight excluding hydrogens is 286 g/mol. The van der Waals surface area contributed by atoms with Crippen LogP contribution in [0.5, 0.6) is 0 Å². The molecule has 1 aromatic rings. The van der Waals surface area contributed by atoms with Gasteiger partial charge >= 0.3 is 12.3 Å². The summed E-state index contributed by atoms with van der Waals surface area (Å²) in [5.41, 5.74) is 1.32. The van der Waals surface area contributed by atoms with E-state index in [2.05, 4.69) is 38.1 Å². The Hall–Kier alpha value is -1.48. The van der Waals surface area contributed by atoms with Gasteiger partial charge in [-0.15, -0.1) is 0 Å². The number of benzene rings is 1. The summed E-state index contributed by atoms with van der Waals surface area (Å²) >= 11 is 0. The first kappa shape index (κ1) is 17.9. The van der Waals surface area contributed by atoms with Gasteiger partial charge in [0, 0.05) is 12.8 Å². The zero-order valence-corrected chi connectivity index (χ0v) is 14.7. The highest BCUT2D eigenvalue weighted by Crippen LogP contribution is 2.31. The summed E-state index contributed by atoms with van der Waals surface area (Å²) in [6, 6.07) is 10.5. The van der Waals surface area contributed by atoms with Gasteiger partial charge in [-0.2, -0.15) is 4.48 Å². The summed E-state index contributed by atoms with van der Waals surface area (Å²) in [5, 5.41) is 0. The fraction of sp³-hybridized carbons (Fsp3) is 0.600. The number of likely N-dealkylation sites (tertiary alicyclic amines) is 1. The number of amides is 2. The fourth-order valence-corrected chi connectivity index (χ4v) is 3.86. The minimum atomic E-state index is -0.0236. The number of rotatable bonds is 7. The van der Waals surface area contributed by atoms with Crippen LogP contribution < -0.4 is 0 Å². The van der Waals surface area contributed by atoms with Crippen molar-refractivity contribution >= 4 is 12.3 Å². The number of hydrogen-bond donors (Lipinski definition) is 0. The van der Waals surface area contributed by atoms with Crippen LogP contribution in [0, 0.1) is 11.8 Å². The molecule has 0 bridgehead atoms. The van der Waals surface area contributed by atoms with Crippen LogP contribution in [-0.4, -0.2) is 29.4 Å². The van der Waals surface area contributed by atoms with Crippen molar-refractivity contribution in [3.63, 3.8) is 0 Å². The summed E-state index contributed by atoms with van der Waals surface area (Å²) in [6.45, 7) is 6.94. The molecule has 23 heavy (non-hydrogen) atoms. The lowest BCUT2D eigenvalue weighted by molar-refractivity contribution is -0.782. The molecule has 0 spiro atoms. The Morgan fingerprint density at radius 1 is 1.30 bits per heavy atom. The Balaban J connectivity index is 2.03. The van der Waals surface area contributed by atoms with Crippen molar-refractivity contribution in [1.29, 1.82) is 0 Å². The zero-order chi connectivity index (χ0) is 16.9. The van der Waals surface area contributed by atoms with E-state index >= 15 is 0 Å². The van der Waals surface area contributed by atoms with Crippen LogP contribution >= 0.6 is 0 Å². The van der Waals surface area contributed by atoms with E-state index < -0.39 is 0 Å². The average molecular weight is 316 g/mol. The van der Waals surface area contributed by atoms with Gasteiger partial charge in [-0.1, -0.05) is 44.2 Å². The lowest BCUT2D eigenvalue weighted by Gasteiger charge is -2.33. The highest BCUT2D eigenvalue weighted by molar-refractivity contribution is 5.78. The molecule has 1 aliphatic rings. The maximum absolute atomic E-state index is 13.1. The van der Waals surface area contributed by atoms with Gasteiger partial charge < -0.3 is 0 Å². The summed E-state index contributed by atoms with van der Waals surface area (Å²) in [5.74, 6) is 0.401. The maximum atomic E-state index is 13.1. The number of carbonyl (C=O) groups is 2. The fourth-order valence-electron chi connectivity index (χ4n) is 3.86. The third-order valence-electron chi connectivity index (χ3n) is 5.48. The van der Waals surface area contributed by atoms with Crippen molar-refractivity contribution in [2.75, 3.05) is 6.54 Å². The van der Waals surface area contributed by atoms with Crippen molar-refractivity contribution in [1.82, 2.24) is 0 Å². The molecule has 0 saturated carbocycles. The zero-order valence-electron chi connectivity index (χ0n) is 14.7. The summed E-state index contributed by atoms with van der Waals surface area (Å²) < 4.78 is 0.0498. The lowest BCUT2D eigenvalue weighted by Crippen LogP contribution is -2.57. The van der Waals surface area contributed by atoms with Crippen molar-refractivity contribution in [3.05, 3.63) is 35.9 Å². The van der Waals surface area contributed by atoms with E-state index in [0.29, 0.717) is 6.54 Å². The molecule has 126 valence electrons. The van der Waals surface area contributed by atoms with Gasteiger partial charge in [0.2, 0.25) is 0 Å². The smallest absolute Gasteiger partial charge is 0.233 e. The van der Waals surface area contributed by atoms with Crippen LogP contribution in [0.2, 0.25) is 0 Å². The van der Waals surface area contributed by atoms with Gasteiger partial charge in [0.1, 0.15) is 6.04 Å². The molecule has 1 heterocycles. The molecule has 0 radical (unpaired) electrons. The lowest BCUT2D eigenvalue weighted by atomic mass is 9.87. The number of nitrogens with zero attached hydrogens (tertiary/aromatic N) is 1. The molecule has 3 atom stereocenters. The van der Waals surface area contributed by atoms with Crippen LogP contribution in [0.4, 0.5) is 0 Å². The molecule has 2 amide bonds. The van der Waals surface area contributed by atoms with E-state index in [1.54, 1.807) is 0 Å². The van der Waals surface area contributed by atoms with Crippen molar-refractivity contribution in [2.45, 2.75) is 58.9 Å². The average Bonchev–Trinajstić information content (AvgIpc) is 2.93. The van der Waals surface area contributed by atoms with E-state index in [0.717, 1.165) is 38.5 Å².